The summed E-state index contributed by atoms with van der Waals surface area (Å²) in [6.45, 7) is 11.8. The van der Waals surface area contributed by atoms with Crippen LogP contribution in [0.3, 0.4) is 0 Å². The zero-order chi connectivity index (χ0) is 16.3. The second-order valence-electron chi connectivity index (χ2n) is 7.26. The molecule has 0 spiro atoms. The number of anilines is 1. The Morgan fingerprint density at radius 1 is 1.00 bits per heavy atom. The van der Waals surface area contributed by atoms with Crippen LogP contribution in [0.1, 0.15) is 46.6 Å². The van der Waals surface area contributed by atoms with Gasteiger partial charge in [0.05, 0.1) is 6.26 Å². The van der Waals surface area contributed by atoms with Gasteiger partial charge in [0.1, 0.15) is 0 Å². The van der Waals surface area contributed by atoms with Crippen LogP contribution in [0.4, 0.5) is 5.69 Å². The molecular weight excluding hydrogens is 284 g/mol. The van der Waals surface area contributed by atoms with Gasteiger partial charge in [-0.15, -0.1) is 0 Å². The number of rotatable bonds is 6. The van der Waals surface area contributed by atoms with E-state index in [2.05, 4.69) is 44.7 Å². The lowest BCUT2D eigenvalue weighted by Gasteiger charge is -2.28. The quantitative estimate of drug-likeness (QED) is 0.848. The molecule has 1 aromatic carbocycles. The normalized spacial score (nSPS) is 13.2. The van der Waals surface area contributed by atoms with Crippen molar-refractivity contribution in [3.8, 4) is 0 Å². The van der Waals surface area contributed by atoms with Gasteiger partial charge in [0.15, 0.2) is 0 Å². The van der Waals surface area contributed by atoms with E-state index in [1.54, 1.807) is 0 Å². The largest absolute Gasteiger partial charge is 0.312 e. The molecule has 0 fully saturated rings. The fourth-order valence-corrected chi connectivity index (χ4v) is 2.66. The smallest absolute Gasteiger partial charge is 0.229 e. The van der Waals surface area contributed by atoms with E-state index in [0.29, 0.717) is 5.69 Å². The molecule has 0 amide bonds. The van der Waals surface area contributed by atoms with E-state index in [0.717, 1.165) is 19.2 Å². The number of nitrogens with one attached hydrogen (secondary N) is 2. The lowest BCUT2D eigenvalue weighted by molar-refractivity contribution is 0.379. The lowest BCUT2D eigenvalue weighted by atomic mass is 9.81. The summed E-state index contributed by atoms with van der Waals surface area (Å²) in [5, 5.41) is 3.50. The molecule has 5 heteroatoms. The zero-order valence-electron chi connectivity index (χ0n) is 13.9. The van der Waals surface area contributed by atoms with Crippen LogP contribution in [0.5, 0.6) is 0 Å². The molecular formula is C16H28N2O2S. The minimum atomic E-state index is -3.22. The second kappa shape index (κ2) is 6.36. The monoisotopic (exact) mass is 312 g/mol. The Morgan fingerprint density at radius 2 is 1.52 bits per heavy atom. The van der Waals surface area contributed by atoms with Gasteiger partial charge >= 0.3 is 0 Å². The summed E-state index contributed by atoms with van der Waals surface area (Å²) >= 11 is 0. The molecule has 0 aliphatic carbocycles. The van der Waals surface area contributed by atoms with Gasteiger partial charge in [-0.2, -0.15) is 0 Å². The molecule has 0 bridgehead atoms. The topological polar surface area (TPSA) is 58.2 Å². The summed E-state index contributed by atoms with van der Waals surface area (Å²) in [5.41, 5.74) is 1.98. The van der Waals surface area contributed by atoms with Crippen molar-refractivity contribution in [1.82, 2.24) is 5.32 Å². The average Bonchev–Trinajstić information content (AvgIpc) is 2.25. The van der Waals surface area contributed by atoms with Crippen LogP contribution >= 0.6 is 0 Å². The predicted molar refractivity (Wildman–Crippen MR) is 90.3 cm³/mol. The molecule has 0 aliphatic rings. The van der Waals surface area contributed by atoms with Crippen molar-refractivity contribution in [3.05, 3.63) is 29.8 Å². The standard InChI is InChI=1S/C16H28N2O2S/c1-15(2,3)17-12-11-16(4,5)13-7-9-14(10-8-13)18-21(6,19)20/h7-10,17-18H,11-12H2,1-6H3. The van der Waals surface area contributed by atoms with Gasteiger partial charge in [0, 0.05) is 11.2 Å². The van der Waals surface area contributed by atoms with Crippen molar-refractivity contribution < 1.29 is 8.42 Å². The maximum absolute atomic E-state index is 11.2. The Kier molecular flexibility index (Phi) is 5.45. The van der Waals surface area contributed by atoms with Crippen molar-refractivity contribution in [3.63, 3.8) is 0 Å². The van der Waals surface area contributed by atoms with Crippen molar-refractivity contribution in [1.29, 1.82) is 0 Å². The van der Waals surface area contributed by atoms with E-state index in [1.165, 1.54) is 5.56 Å². The summed E-state index contributed by atoms with van der Waals surface area (Å²) < 4.78 is 24.9. The van der Waals surface area contributed by atoms with Crippen molar-refractivity contribution in [2.45, 2.75) is 52.0 Å². The Morgan fingerprint density at radius 3 is 1.95 bits per heavy atom. The summed E-state index contributed by atoms with van der Waals surface area (Å²) in [6.07, 6.45) is 2.17. The Bertz CT molecular complexity index is 555. The molecule has 0 saturated carbocycles. The molecule has 1 aromatic rings. The van der Waals surface area contributed by atoms with Crippen LogP contribution in [-0.4, -0.2) is 26.8 Å². The van der Waals surface area contributed by atoms with Crippen LogP contribution in [0.15, 0.2) is 24.3 Å². The van der Waals surface area contributed by atoms with Crippen LogP contribution in [0, 0.1) is 0 Å². The third kappa shape index (κ3) is 6.96. The highest BCUT2D eigenvalue weighted by molar-refractivity contribution is 7.92. The third-order valence-electron chi connectivity index (χ3n) is 3.37. The molecule has 1 rings (SSSR count). The van der Waals surface area contributed by atoms with Gasteiger partial charge in [-0.1, -0.05) is 26.0 Å². The van der Waals surface area contributed by atoms with Crippen LogP contribution in [0.2, 0.25) is 0 Å². The molecule has 4 nitrogen and oxygen atoms in total. The van der Waals surface area contributed by atoms with Crippen molar-refractivity contribution in [2.24, 2.45) is 0 Å². The first-order chi connectivity index (χ1) is 9.39. The summed E-state index contributed by atoms with van der Waals surface area (Å²) in [5.74, 6) is 0. The molecule has 120 valence electrons. The first-order valence-electron chi connectivity index (χ1n) is 7.22. The highest BCUT2D eigenvalue weighted by atomic mass is 32.2. The molecule has 0 heterocycles. The molecule has 0 radical (unpaired) electrons. The van der Waals surface area contributed by atoms with Crippen LogP contribution in [-0.2, 0) is 15.4 Å². The van der Waals surface area contributed by atoms with Gasteiger partial charge in [-0.05, 0) is 56.8 Å². The Labute approximate surface area is 129 Å². The van der Waals surface area contributed by atoms with Crippen molar-refractivity contribution >= 4 is 15.7 Å². The predicted octanol–water partition coefficient (Wildman–Crippen LogP) is 3.11. The van der Waals surface area contributed by atoms with E-state index < -0.39 is 10.0 Å². The molecule has 2 N–H and O–H groups in total. The summed E-state index contributed by atoms with van der Waals surface area (Å²) in [7, 11) is -3.22. The highest BCUT2D eigenvalue weighted by Gasteiger charge is 2.21. The fraction of sp³-hybridized carbons (Fsp3) is 0.625. The van der Waals surface area contributed by atoms with E-state index in [4.69, 9.17) is 0 Å². The number of benzene rings is 1. The minimum absolute atomic E-state index is 0.0435. The molecule has 0 aliphatic heterocycles. The van der Waals surface area contributed by atoms with Gasteiger partial charge in [-0.3, -0.25) is 4.72 Å². The molecule has 0 aromatic heterocycles. The van der Waals surface area contributed by atoms with Gasteiger partial charge in [0.2, 0.25) is 10.0 Å². The fourth-order valence-electron chi connectivity index (χ4n) is 2.10. The maximum atomic E-state index is 11.2. The Balaban J connectivity index is 2.71. The summed E-state index contributed by atoms with van der Waals surface area (Å²) in [6, 6.07) is 7.61. The maximum Gasteiger partial charge on any atom is 0.229 e. The number of sulfonamides is 1. The Hall–Kier alpha value is -1.07. The molecule has 0 saturated heterocycles. The zero-order valence-corrected chi connectivity index (χ0v) is 14.8. The molecule has 21 heavy (non-hydrogen) atoms. The van der Waals surface area contributed by atoms with Crippen LogP contribution in [0.25, 0.3) is 0 Å². The lowest BCUT2D eigenvalue weighted by Crippen LogP contribution is -2.38. The second-order valence-corrected chi connectivity index (χ2v) is 9.01. The van der Waals surface area contributed by atoms with E-state index in [9.17, 15) is 8.42 Å². The van der Waals surface area contributed by atoms with Gasteiger partial charge in [-0.25, -0.2) is 8.42 Å². The number of hydrogen-bond donors (Lipinski definition) is 2. The highest BCUT2D eigenvalue weighted by Crippen LogP contribution is 2.28. The van der Waals surface area contributed by atoms with Crippen LogP contribution < -0.4 is 10.0 Å². The summed E-state index contributed by atoms with van der Waals surface area (Å²) in [4.78, 5) is 0. The first kappa shape index (κ1) is 18.0. The van der Waals surface area contributed by atoms with Gasteiger partial charge in [0.25, 0.3) is 0 Å². The average molecular weight is 312 g/mol. The van der Waals surface area contributed by atoms with E-state index >= 15 is 0 Å². The minimum Gasteiger partial charge on any atom is -0.312 e. The number of hydrogen-bond acceptors (Lipinski definition) is 3. The van der Waals surface area contributed by atoms with E-state index in [-0.39, 0.29) is 11.0 Å². The molecule has 0 unspecified atom stereocenters. The SMILES string of the molecule is CC(C)(C)NCCC(C)(C)c1ccc(NS(C)(=O)=O)cc1. The van der Waals surface area contributed by atoms with E-state index in [1.807, 2.05) is 24.3 Å². The first-order valence-corrected chi connectivity index (χ1v) is 9.12. The molecule has 0 atom stereocenters. The third-order valence-corrected chi connectivity index (χ3v) is 3.98. The van der Waals surface area contributed by atoms with Gasteiger partial charge < -0.3 is 5.32 Å². The van der Waals surface area contributed by atoms with Crippen molar-refractivity contribution in [2.75, 3.05) is 17.5 Å².